The molecule has 14 rings (SSSR count). The van der Waals surface area contributed by atoms with Gasteiger partial charge in [-0.3, -0.25) is 0 Å². The Bertz CT molecular complexity index is 3930. The molecule has 0 aliphatic heterocycles. The minimum atomic E-state index is -0.439. The fourth-order valence-corrected chi connectivity index (χ4v) is 11.3. The second kappa shape index (κ2) is 14.1. The van der Waals surface area contributed by atoms with Gasteiger partial charge in [0.05, 0.1) is 16.4 Å². The lowest BCUT2D eigenvalue weighted by Crippen LogP contribution is -2.25. The molecule has 0 N–H and O–H groups in total. The molecule has 0 saturated carbocycles. The van der Waals surface area contributed by atoms with Crippen LogP contribution >= 0.6 is 0 Å². The smallest absolute Gasteiger partial charge is 0.164 e. The Balaban J connectivity index is 0.919. The highest BCUT2D eigenvalue weighted by atomic mass is 15.0. The molecule has 2 aromatic heterocycles. The molecule has 66 heavy (non-hydrogen) atoms. The predicted molar refractivity (Wildman–Crippen MR) is 270 cm³/mol. The second-order valence-electron chi connectivity index (χ2n) is 17.4. The number of hydrogen-bond acceptors (Lipinski definition) is 3. The van der Waals surface area contributed by atoms with Crippen molar-refractivity contribution in [2.24, 2.45) is 0 Å². The summed E-state index contributed by atoms with van der Waals surface area (Å²) in [5.41, 5.74) is 18.6. The van der Waals surface area contributed by atoms with E-state index < -0.39 is 5.41 Å². The van der Waals surface area contributed by atoms with Gasteiger partial charge >= 0.3 is 0 Å². The molecule has 10 aromatic carbocycles. The number of benzene rings is 10. The molecule has 2 aliphatic carbocycles. The van der Waals surface area contributed by atoms with Gasteiger partial charge in [-0.2, -0.15) is 0 Å². The van der Waals surface area contributed by atoms with Gasteiger partial charge in [-0.1, -0.05) is 206 Å². The van der Waals surface area contributed by atoms with E-state index in [-0.39, 0.29) is 0 Å². The van der Waals surface area contributed by atoms with Crippen LogP contribution in [0.2, 0.25) is 0 Å². The van der Waals surface area contributed by atoms with E-state index in [0.717, 1.165) is 39.0 Å². The molecule has 2 aliphatic rings. The number of nitrogens with zero attached hydrogens (tertiary/aromatic N) is 4. The van der Waals surface area contributed by atoms with E-state index in [9.17, 15) is 0 Å². The molecule has 4 heteroatoms. The third kappa shape index (κ3) is 5.18. The molecule has 0 radical (unpaired) electrons. The van der Waals surface area contributed by atoms with Crippen LogP contribution in [-0.4, -0.2) is 19.5 Å². The van der Waals surface area contributed by atoms with E-state index in [2.05, 4.69) is 217 Å². The fraction of sp³-hybridized carbons (Fsp3) is 0.0161. The number of para-hydroxylation sites is 2. The van der Waals surface area contributed by atoms with Crippen molar-refractivity contribution >= 4 is 32.6 Å². The summed E-state index contributed by atoms with van der Waals surface area (Å²) in [6, 6.07) is 83.3. The molecule has 0 fully saturated rings. The van der Waals surface area contributed by atoms with E-state index >= 15 is 0 Å². The van der Waals surface area contributed by atoms with Crippen molar-refractivity contribution in [3.05, 3.63) is 253 Å². The van der Waals surface area contributed by atoms with E-state index in [1.807, 2.05) is 18.2 Å². The van der Waals surface area contributed by atoms with E-state index in [4.69, 9.17) is 15.0 Å². The minimum Gasteiger partial charge on any atom is -0.309 e. The normalized spacial score (nSPS) is 14.4. The first-order chi connectivity index (χ1) is 32.7. The maximum Gasteiger partial charge on any atom is 0.164 e. The third-order valence-corrected chi connectivity index (χ3v) is 14.1. The molecule has 2 heterocycles. The predicted octanol–water partition coefficient (Wildman–Crippen LogP) is 15.1. The Kier molecular flexibility index (Phi) is 7.87. The largest absolute Gasteiger partial charge is 0.309 e. The second-order valence-corrected chi connectivity index (χ2v) is 17.4. The number of hydrogen-bond donors (Lipinski definition) is 0. The van der Waals surface area contributed by atoms with Gasteiger partial charge in [-0.25, -0.2) is 15.0 Å². The summed E-state index contributed by atoms with van der Waals surface area (Å²) in [7, 11) is 0. The molecular weight excluding hydrogens is 801 g/mol. The van der Waals surface area contributed by atoms with Crippen LogP contribution in [0.3, 0.4) is 0 Å². The zero-order valence-electron chi connectivity index (χ0n) is 35.7. The SMILES string of the molecule is c1ccc(-c2nc(-c3ccc(-c4cccc5c4-c4ccccc4C54c5ccccc5-c5c4ccc4ccccc54)cc3)nc(-c3ccc4c5ccccc5n(-c5ccccc5)c4c3)n2)cc1. The molecule has 12 aromatic rings. The van der Waals surface area contributed by atoms with Crippen LogP contribution in [0.15, 0.2) is 231 Å². The van der Waals surface area contributed by atoms with Crippen LogP contribution in [0.25, 0.3) is 106 Å². The molecular formula is C62H38N4. The first kappa shape index (κ1) is 36.7. The topological polar surface area (TPSA) is 43.6 Å². The maximum absolute atomic E-state index is 5.23. The Morgan fingerprint density at radius 2 is 0.818 bits per heavy atom. The van der Waals surface area contributed by atoms with Gasteiger partial charge in [0.25, 0.3) is 0 Å². The Morgan fingerprint density at radius 1 is 0.303 bits per heavy atom. The summed E-state index contributed by atoms with van der Waals surface area (Å²) in [5.74, 6) is 1.89. The summed E-state index contributed by atoms with van der Waals surface area (Å²) >= 11 is 0. The van der Waals surface area contributed by atoms with Crippen LogP contribution in [0.5, 0.6) is 0 Å². The van der Waals surface area contributed by atoms with Crippen molar-refractivity contribution in [1.82, 2.24) is 19.5 Å². The van der Waals surface area contributed by atoms with Crippen molar-refractivity contribution in [3.8, 4) is 73.2 Å². The van der Waals surface area contributed by atoms with Crippen molar-refractivity contribution in [2.45, 2.75) is 5.41 Å². The highest BCUT2D eigenvalue weighted by Crippen LogP contribution is 2.64. The van der Waals surface area contributed by atoms with Gasteiger partial charge in [-0.05, 0) is 90.7 Å². The molecule has 1 unspecified atom stereocenters. The van der Waals surface area contributed by atoms with E-state index in [0.29, 0.717) is 17.5 Å². The summed E-state index contributed by atoms with van der Waals surface area (Å²) in [6.45, 7) is 0. The van der Waals surface area contributed by atoms with Gasteiger partial charge in [0, 0.05) is 33.2 Å². The van der Waals surface area contributed by atoms with E-state index in [1.165, 1.54) is 71.6 Å². The van der Waals surface area contributed by atoms with Crippen LogP contribution in [-0.2, 0) is 5.41 Å². The maximum atomic E-state index is 5.23. The average Bonchev–Trinajstić information content (AvgIpc) is 4.01. The highest BCUT2D eigenvalue weighted by Gasteiger charge is 2.52. The number of aromatic nitrogens is 4. The van der Waals surface area contributed by atoms with Crippen LogP contribution in [0.4, 0.5) is 0 Å². The third-order valence-electron chi connectivity index (χ3n) is 14.1. The average molecular weight is 839 g/mol. The minimum absolute atomic E-state index is 0.439. The Morgan fingerprint density at radius 3 is 1.58 bits per heavy atom. The van der Waals surface area contributed by atoms with Crippen LogP contribution < -0.4 is 0 Å². The molecule has 306 valence electrons. The first-order valence-electron chi connectivity index (χ1n) is 22.6. The quantitative estimate of drug-likeness (QED) is 0.173. The summed E-state index contributed by atoms with van der Waals surface area (Å²) in [5, 5.41) is 4.95. The number of fused-ring (bicyclic) bond motifs is 15. The van der Waals surface area contributed by atoms with Gasteiger partial charge in [0.2, 0.25) is 0 Å². The standard InChI is InChI=1S/C62H38N4/c1-3-17-41(18-4-1)59-63-60(65-61(64-59)43-34-36-48-47-22-11-14-29-55(47)66(56(48)38-43)44-19-5-2-6-20-44)42-32-30-40(31-33-42)46-25-15-28-53-57(46)49-23-9-12-26-51(49)62(53)52-27-13-10-24-50(52)58-45-21-8-7-16-39(45)35-37-54(58)62/h1-38H. The first-order valence-corrected chi connectivity index (χ1v) is 22.6. The fourth-order valence-electron chi connectivity index (χ4n) is 11.3. The highest BCUT2D eigenvalue weighted by molar-refractivity contribution is 6.10. The molecule has 4 nitrogen and oxygen atoms in total. The zero-order chi connectivity index (χ0) is 43.3. The molecule has 1 spiro atoms. The molecule has 0 amide bonds. The van der Waals surface area contributed by atoms with Gasteiger partial charge < -0.3 is 4.57 Å². The van der Waals surface area contributed by atoms with Crippen molar-refractivity contribution in [2.75, 3.05) is 0 Å². The van der Waals surface area contributed by atoms with Crippen molar-refractivity contribution in [3.63, 3.8) is 0 Å². The molecule has 1 atom stereocenters. The van der Waals surface area contributed by atoms with Gasteiger partial charge in [-0.15, -0.1) is 0 Å². The molecule has 0 saturated heterocycles. The van der Waals surface area contributed by atoms with Gasteiger partial charge in [0.1, 0.15) is 0 Å². The summed E-state index contributed by atoms with van der Waals surface area (Å²) in [6.07, 6.45) is 0. The lowest BCUT2D eigenvalue weighted by atomic mass is 9.70. The van der Waals surface area contributed by atoms with Gasteiger partial charge in [0.15, 0.2) is 17.5 Å². The van der Waals surface area contributed by atoms with Crippen molar-refractivity contribution < 1.29 is 0 Å². The molecule has 0 bridgehead atoms. The van der Waals surface area contributed by atoms with Crippen LogP contribution in [0, 0.1) is 0 Å². The Hall–Kier alpha value is -8.73. The zero-order valence-corrected chi connectivity index (χ0v) is 35.7. The summed E-state index contributed by atoms with van der Waals surface area (Å²) in [4.78, 5) is 15.5. The van der Waals surface area contributed by atoms with E-state index in [1.54, 1.807) is 0 Å². The Labute approximate surface area is 381 Å². The number of rotatable bonds is 5. The van der Waals surface area contributed by atoms with Crippen molar-refractivity contribution in [1.29, 1.82) is 0 Å². The lowest BCUT2D eigenvalue weighted by Gasteiger charge is -2.30. The monoisotopic (exact) mass is 838 g/mol. The summed E-state index contributed by atoms with van der Waals surface area (Å²) < 4.78 is 2.33. The lowest BCUT2D eigenvalue weighted by molar-refractivity contribution is 0.794. The van der Waals surface area contributed by atoms with Crippen LogP contribution in [0.1, 0.15) is 22.3 Å².